The Balaban J connectivity index is 1.73. The van der Waals surface area contributed by atoms with E-state index in [0.29, 0.717) is 12.6 Å². The first-order valence-corrected chi connectivity index (χ1v) is 8.94. The Hall–Kier alpha value is -1.55. The summed E-state index contributed by atoms with van der Waals surface area (Å²) in [5, 5.41) is 2.97. The van der Waals surface area contributed by atoms with Crippen molar-refractivity contribution in [3.63, 3.8) is 0 Å². The molecule has 1 fully saturated rings. The zero-order valence-electron chi connectivity index (χ0n) is 14.5. The average Bonchev–Trinajstić information content (AvgIpc) is 2.60. The van der Waals surface area contributed by atoms with Crippen LogP contribution in [-0.4, -0.2) is 30.1 Å². The molecule has 4 heteroatoms. The van der Waals surface area contributed by atoms with Gasteiger partial charge in [-0.15, -0.1) is 0 Å². The Labute approximate surface area is 140 Å². The van der Waals surface area contributed by atoms with Gasteiger partial charge in [-0.05, 0) is 37.1 Å². The summed E-state index contributed by atoms with van der Waals surface area (Å²) in [4.78, 5) is 14.2. The van der Waals surface area contributed by atoms with E-state index in [1.165, 1.54) is 24.8 Å². The largest absolute Gasteiger partial charge is 0.445 e. The maximum atomic E-state index is 11.8. The number of hydrogen-bond acceptors (Lipinski definition) is 3. The van der Waals surface area contributed by atoms with Gasteiger partial charge in [-0.1, -0.05) is 57.4 Å². The minimum Gasteiger partial charge on any atom is -0.445 e. The fourth-order valence-corrected chi connectivity index (χ4v) is 3.05. The standard InChI is InChI=1S/C19H30N2O2/c1-3-21(4-2)14-16-10-12-17(13-11-16)15-23-19(22)20-18-8-6-5-7-9-18/h10-13,18H,3-9,14-15H2,1-2H3,(H,20,22). The molecule has 0 spiro atoms. The van der Waals surface area contributed by atoms with E-state index < -0.39 is 0 Å². The predicted octanol–water partition coefficient (Wildman–Crippen LogP) is 4.09. The van der Waals surface area contributed by atoms with Crippen LogP contribution in [0.25, 0.3) is 0 Å². The molecule has 2 rings (SSSR count). The fourth-order valence-electron chi connectivity index (χ4n) is 3.05. The highest BCUT2D eigenvalue weighted by atomic mass is 16.5. The molecule has 1 saturated carbocycles. The molecule has 0 radical (unpaired) electrons. The van der Waals surface area contributed by atoms with Crippen molar-refractivity contribution in [3.8, 4) is 0 Å². The third-order valence-electron chi connectivity index (χ3n) is 4.62. The van der Waals surface area contributed by atoms with Crippen LogP contribution in [0.4, 0.5) is 4.79 Å². The average molecular weight is 318 g/mol. The van der Waals surface area contributed by atoms with Gasteiger partial charge in [0.25, 0.3) is 0 Å². The molecule has 23 heavy (non-hydrogen) atoms. The Bertz CT molecular complexity index is 463. The third kappa shape index (κ3) is 6.22. The summed E-state index contributed by atoms with van der Waals surface area (Å²) in [5.74, 6) is 0. The molecule has 0 aromatic heterocycles. The molecular formula is C19H30N2O2. The van der Waals surface area contributed by atoms with Crippen molar-refractivity contribution in [2.45, 2.75) is 65.1 Å². The molecule has 1 aromatic rings. The van der Waals surface area contributed by atoms with Crippen LogP contribution in [0.1, 0.15) is 57.1 Å². The zero-order chi connectivity index (χ0) is 16.5. The first-order valence-electron chi connectivity index (χ1n) is 8.94. The van der Waals surface area contributed by atoms with Crippen LogP contribution in [0.15, 0.2) is 24.3 Å². The maximum Gasteiger partial charge on any atom is 0.407 e. The van der Waals surface area contributed by atoms with Crippen molar-refractivity contribution in [1.29, 1.82) is 0 Å². The van der Waals surface area contributed by atoms with Gasteiger partial charge in [0, 0.05) is 12.6 Å². The summed E-state index contributed by atoms with van der Waals surface area (Å²) in [7, 11) is 0. The lowest BCUT2D eigenvalue weighted by molar-refractivity contribution is 0.133. The molecule has 1 amide bonds. The molecule has 0 saturated heterocycles. The van der Waals surface area contributed by atoms with Gasteiger partial charge in [0.05, 0.1) is 0 Å². The Kier molecular flexibility index (Phi) is 7.40. The van der Waals surface area contributed by atoms with Crippen LogP contribution >= 0.6 is 0 Å². The molecule has 1 aliphatic carbocycles. The number of hydrogen-bond donors (Lipinski definition) is 1. The Morgan fingerprint density at radius 2 is 1.70 bits per heavy atom. The van der Waals surface area contributed by atoms with Crippen molar-refractivity contribution >= 4 is 6.09 Å². The molecule has 0 atom stereocenters. The topological polar surface area (TPSA) is 41.6 Å². The Morgan fingerprint density at radius 1 is 1.09 bits per heavy atom. The molecule has 1 N–H and O–H groups in total. The molecule has 128 valence electrons. The van der Waals surface area contributed by atoms with Crippen molar-refractivity contribution in [2.24, 2.45) is 0 Å². The quantitative estimate of drug-likeness (QED) is 0.823. The number of nitrogens with one attached hydrogen (secondary N) is 1. The molecule has 1 aliphatic rings. The monoisotopic (exact) mass is 318 g/mol. The maximum absolute atomic E-state index is 11.8. The fraction of sp³-hybridized carbons (Fsp3) is 0.632. The Morgan fingerprint density at radius 3 is 2.30 bits per heavy atom. The summed E-state index contributed by atoms with van der Waals surface area (Å²) in [6.07, 6.45) is 5.57. The van der Waals surface area contributed by atoms with Gasteiger partial charge >= 0.3 is 6.09 Å². The first kappa shape index (κ1) is 17.8. The predicted molar refractivity (Wildman–Crippen MR) is 93.3 cm³/mol. The lowest BCUT2D eigenvalue weighted by atomic mass is 9.96. The zero-order valence-corrected chi connectivity index (χ0v) is 14.5. The number of carbonyl (C=O) groups is 1. The van der Waals surface area contributed by atoms with Crippen molar-refractivity contribution in [2.75, 3.05) is 13.1 Å². The molecule has 4 nitrogen and oxygen atoms in total. The van der Waals surface area contributed by atoms with Crippen LogP contribution in [-0.2, 0) is 17.9 Å². The highest BCUT2D eigenvalue weighted by Crippen LogP contribution is 2.17. The van der Waals surface area contributed by atoms with E-state index in [-0.39, 0.29) is 6.09 Å². The minimum atomic E-state index is -0.288. The van der Waals surface area contributed by atoms with Crippen molar-refractivity contribution in [1.82, 2.24) is 10.2 Å². The minimum absolute atomic E-state index is 0.288. The van der Waals surface area contributed by atoms with Gasteiger partial charge in [0.2, 0.25) is 0 Å². The van der Waals surface area contributed by atoms with Gasteiger partial charge in [0.15, 0.2) is 0 Å². The second-order valence-corrected chi connectivity index (χ2v) is 6.33. The van der Waals surface area contributed by atoms with Gasteiger partial charge in [-0.25, -0.2) is 4.79 Å². The van der Waals surface area contributed by atoms with Gasteiger partial charge in [-0.3, -0.25) is 4.90 Å². The number of benzene rings is 1. The van der Waals surface area contributed by atoms with Gasteiger partial charge in [-0.2, -0.15) is 0 Å². The smallest absolute Gasteiger partial charge is 0.407 e. The van der Waals surface area contributed by atoms with E-state index in [9.17, 15) is 4.79 Å². The lowest BCUT2D eigenvalue weighted by Gasteiger charge is -2.22. The van der Waals surface area contributed by atoms with Crippen molar-refractivity contribution in [3.05, 3.63) is 35.4 Å². The van der Waals surface area contributed by atoms with Crippen molar-refractivity contribution < 1.29 is 9.53 Å². The summed E-state index contributed by atoms with van der Waals surface area (Å²) >= 11 is 0. The summed E-state index contributed by atoms with van der Waals surface area (Å²) in [6.45, 7) is 7.78. The second-order valence-electron chi connectivity index (χ2n) is 6.33. The number of rotatable bonds is 7. The number of amides is 1. The number of alkyl carbamates (subject to hydrolysis) is 1. The number of nitrogens with zero attached hydrogens (tertiary/aromatic N) is 1. The summed E-state index contributed by atoms with van der Waals surface area (Å²) in [5.41, 5.74) is 2.33. The highest BCUT2D eigenvalue weighted by Gasteiger charge is 2.16. The normalized spacial score (nSPS) is 15.6. The van der Waals surface area contributed by atoms with Crippen LogP contribution in [0.5, 0.6) is 0 Å². The van der Waals surface area contributed by atoms with Crippen LogP contribution in [0.3, 0.4) is 0 Å². The second kappa shape index (κ2) is 9.56. The molecule has 0 heterocycles. The molecule has 1 aromatic carbocycles. The van der Waals surface area contributed by atoms with E-state index in [1.54, 1.807) is 0 Å². The van der Waals surface area contributed by atoms with E-state index in [0.717, 1.165) is 38.0 Å². The summed E-state index contributed by atoms with van der Waals surface area (Å²) in [6, 6.07) is 8.64. The van der Waals surface area contributed by atoms with Crippen LogP contribution in [0.2, 0.25) is 0 Å². The first-order chi connectivity index (χ1) is 11.2. The van der Waals surface area contributed by atoms with Gasteiger partial charge in [0.1, 0.15) is 6.61 Å². The summed E-state index contributed by atoms with van der Waals surface area (Å²) < 4.78 is 5.33. The van der Waals surface area contributed by atoms with E-state index >= 15 is 0 Å². The lowest BCUT2D eigenvalue weighted by Crippen LogP contribution is -2.36. The third-order valence-corrected chi connectivity index (χ3v) is 4.62. The molecular weight excluding hydrogens is 288 g/mol. The number of carbonyl (C=O) groups excluding carboxylic acids is 1. The van der Waals surface area contributed by atoms with E-state index in [1.807, 2.05) is 12.1 Å². The van der Waals surface area contributed by atoms with E-state index in [2.05, 4.69) is 36.2 Å². The SMILES string of the molecule is CCN(CC)Cc1ccc(COC(=O)NC2CCCCC2)cc1. The highest BCUT2D eigenvalue weighted by molar-refractivity contribution is 5.67. The molecule has 0 bridgehead atoms. The molecule has 0 aliphatic heterocycles. The van der Waals surface area contributed by atoms with Gasteiger partial charge < -0.3 is 10.1 Å². The van der Waals surface area contributed by atoms with E-state index in [4.69, 9.17) is 4.74 Å². The van der Waals surface area contributed by atoms with Crippen LogP contribution in [0, 0.1) is 0 Å². The molecule has 0 unspecified atom stereocenters. The van der Waals surface area contributed by atoms with Crippen LogP contribution < -0.4 is 5.32 Å². The number of ether oxygens (including phenoxy) is 1.